The monoisotopic (exact) mass is 351 g/mol. The Morgan fingerprint density at radius 2 is 1.84 bits per heavy atom. The molecule has 0 unspecified atom stereocenters. The number of nitrogens with one attached hydrogen (secondary N) is 1. The third-order valence-corrected chi connectivity index (χ3v) is 4.45. The first-order valence-electron chi connectivity index (χ1n) is 6.07. The van der Waals surface area contributed by atoms with Gasteiger partial charge in [0.1, 0.15) is 11.6 Å². The van der Waals surface area contributed by atoms with Crippen LogP contribution in [0.5, 0.6) is 0 Å². The molecule has 104 valence electrons. The summed E-state index contributed by atoms with van der Waals surface area (Å²) in [5, 5.41) is 2.41. The van der Waals surface area contributed by atoms with Crippen molar-refractivity contribution in [1.82, 2.24) is 5.32 Å². The minimum atomic E-state index is -0.807. The number of hydrogen-bond acceptors (Lipinski definition) is 1. The lowest BCUT2D eigenvalue weighted by Gasteiger charge is -2.26. The Kier molecular flexibility index (Phi) is 4.79. The van der Waals surface area contributed by atoms with Crippen LogP contribution in [0.25, 0.3) is 0 Å². The van der Waals surface area contributed by atoms with Crippen molar-refractivity contribution in [2.75, 3.05) is 0 Å². The van der Waals surface area contributed by atoms with E-state index in [1.807, 2.05) is 0 Å². The molecular weight excluding hydrogens is 340 g/mol. The molecule has 1 fully saturated rings. The van der Waals surface area contributed by atoms with Gasteiger partial charge >= 0.3 is 0 Å². The van der Waals surface area contributed by atoms with Gasteiger partial charge in [0.2, 0.25) is 0 Å². The molecule has 19 heavy (non-hydrogen) atoms. The van der Waals surface area contributed by atoms with E-state index in [1.54, 1.807) is 0 Å². The Balaban J connectivity index is 2.06. The minimum Gasteiger partial charge on any atom is -0.349 e. The molecule has 1 aliphatic rings. The normalized spacial score (nSPS) is 23.2. The van der Waals surface area contributed by atoms with Gasteiger partial charge in [-0.25, -0.2) is 8.78 Å². The summed E-state index contributed by atoms with van der Waals surface area (Å²) in [7, 11) is 0. The highest BCUT2D eigenvalue weighted by atomic mass is 79.9. The Hall–Kier alpha value is -0.680. The molecule has 1 aliphatic carbocycles. The van der Waals surface area contributed by atoms with E-state index < -0.39 is 17.5 Å². The summed E-state index contributed by atoms with van der Waals surface area (Å²) in [4.78, 5) is 12.4. The molecule has 2 nitrogen and oxygen atoms in total. The van der Waals surface area contributed by atoms with E-state index in [0.717, 1.165) is 37.8 Å². The molecule has 0 aromatic heterocycles. The lowest BCUT2D eigenvalue weighted by Crippen LogP contribution is -2.38. The van der Waals surface area contributed by atoms with Crippen LogP contribution in [0, 0.1) is 11.6 Å². The molecule has 1 N–H and O–H groups in total. The van der Waals surface area contributed by atoms with Gasteiger partial charge in [0.25, 0.3) is 5.91 Å². The average Bonchev–Trinajstić information content (AvgIpc) is 2.36. The standard InChI is InChI=1S/C13H13BrClF2NO/c14-7-1-3-8(4-2-7)18-13(19)9-5-12(17)10(15)6-11(9)16/h5-8H,1-4H2,(H,18,19). The highest BCUT2D eigenvalue weighted by Gasteiger charge is 2.23. The molecule has 0 bridgehead atoms. The van der Waals surface area contributed by atoms with Crippen LogP contribution in [0.1, 0.15) is 36.0 Å². The molecule has 2 rings (SSSR count). The van der Waals surface area contributed by atoms with Crippen molar-refractivity contribution in [3.63, 3.8) is 0 Å². The van der Waals surface area contributed by atoms with Crippen molar-refractivity contribution in [2.24, 2.45) is 0 Å². The van der Waals surface area contributed by atoms with Crippen LogP contribution in [0.3, 0.4) is 0 Å². The van der Waals surface area contributed by atoms with Gasteiger partial charge in [0, 0.05) is 10.9 Å². The minimum absolute atomic E-state index is 0.0134. The van der Waals surface area contributed by atoms with Crippen LogP contribution >= 0.6 is 27.5 Å². The third kappa shape index (κ3) is 3.66. The number of amides is 1. The van der Waals surface area contributed by atoms with Crippen LogP contribution in [0.2, 0.25) is 5.02 Å². The van der Waals surface area contributed by atoms with Crippen molar-refractivity contribution in [1.29, 1.82) is 0 Å². The fourth-order valence-electron chi connectivity index (χ4n) is 2.16. The lowest BCUT2D eigenvalue weighted by molar-refractivity contribution is 0.0923. The Morgan fingerprint density at radius 3 is 2.47 bits per heavy atom. The number of halogens is 4. The van der Waals surface area contributed by atoms with E-state index in [2.05, 4.69) is 21.2 Å². The van der Waals surface area contributed by atoms with Gasteiger partial charge < -0.3 is 5.32 Å². The van der Waals surface area contributed by atoms with Gasteiger partial charge in [0.05, 0.1) is 10.6 Å². The fraction of sp³-hybridized carbons (Fsp3) is 0.462. The first kappa shape index (κ1) is 14.7. The van der Waals surface area contributed by atoms with E-state index in [9.17, 15) is 13.6 Å². The van der Waals surface area contributed by atoms with E-state index in [4.69, 9.17) is 11.6 Å². The quantitative estimate of drug-likeness (QED) is 0.631. The summed E-state index contributed by atoms with van der Waals surface area (Å²) in [5.41, 5.74) is -0.303. The van der Waals surface area contributed by atoms with Gasteiger partial charge in [-0.15, -0.1) is 0 Å². The predicted octanol–water partition coefficient (Wildman–Crippen LogP) is 4.05. The van der Waals surface area contributed by atoms with E-state index in [-0.39, 0.29) is 16.6 Å². The molecule has 1 aromatic carbocycles. The summed E-state index contributed by atoms with van der Waals surface area (Å²) >= 11 is 8.97. The van der Waals surface area contributed by atoms with Crippen molar-refractivity contribution in [3.05, 3.63) is 34.4 Å². The maximum atomic E-state index is 13.6. The molecule has 0 spiro atoms. The molecule has 0 saturated heterocycles. The third-order valence-electron chi connectivity index (χ3n) is 3.25. The molecular formula is C13H13BrClF2NO. The SMILES string of the molecule is O=C(NC1CCC(Br)CC1)c1cc(F)c(Cl)cc1F. The molecule has 0 aliphatic heterocycles. The largest absolute Gasteiger partial charge is 0.349 e. The van der Waals surface area contributed by atoms with Gasteiger partial charge in [-0.3, -0.25) is 4.79 Å². The van der Waals surface area contributed by atoms with Gasteiger partial charge in [0.15, 0.2) is 0 Å². The van der Waals surface area contributed by atoms with Crippen molar-refractivity contribution >= 4 is 33.4 Å². The van der Waals surface area contributed by atoms with E-state index in [1.165, 1.54) is 0 Å². The zero-order valence-corrected chi connectivity index (χ0v) is 12.4. The smallest absolute Gasteiger partial charge is 0.254 e. The Morgan fingerprint density at radius 1 is 1.21 bits per heavy atom. The van der Waals surface area contributed by atoms with Crippen molar-refractivity contribution in [2.45, 2.75) is 36.6 Å². The predicted molar refractivity (Wildman–Crippen MR) is 73.8 cm³/mol. The van der Waals surface area contributed by atoms with Crippen LogP contribution in [-0.4, -0.2) is 16.8 Å². The van der Waals surface area contributed by atoms with Gasteiger partial charge in [-0.1, -0.05) is 27.5 Å². The number of benzene rings is 1. The molecule has 1 saturated carbocycles. The maximum Gasteiger partial charge on any atom is 0.254 e. The second-order valence-corrected chi connectivity index (χ2v) is 6.37. The molecule has 0 atom stereocenters. The fourth-order valence-corrected chi connectivity index (χ4v) is 2.84. The summed E-state index contributed by atoms with van der Waals surface area (Å²) in [5.74, 6) is -2.19. The van der Waals surface area contributed by atoms with Crippen LogP contribution in [0.4, 0.5) is 8.78 Å². The molecule has 0 heterocycles. The first-order chi connectivity index (χ1) is 8.97. The van der Waals surface area contributed by atoms with Crippen LogP contribution in [0.15, 0.2) is 12.1 Å². The second kappa shape index (κ2) is 6.18. The van der Waals surface area contributed by atoms with Crippen LogP contribution < -0.4 is 5.32 Å². The van der Waals surface area contributed by atoms with E-state index in [0.29, 0.717) is 4.83 Å². The Bertz CT molecular complexity index is 490. The lowest BCUT2D eigenvalue weighted by atomic mass is 9.95. The van der Waals surface area contributed by atoms with E-state index >= 15 is 0 Å². The summed E-state index contributed by atoms with van der Waals surface area (Å²) < 4.78 is 26.8. The molecule has 0 radical (unpaired) electrons. The Labute approximate surface area is 123 Å². The molecule has 1 amide bonds. The maximum absolute atomic E-state index is 13.6. The summed E-state index contributed by atoms with van der Waals surface area (Å²) in [6, 6.07) is 1.67. The average molecular weight is 353 g/mol. The number of hydrogen-bond donors (Lipinski definition) is 1. The molecule has 1 aromatic rings. The topological polar surface area (TPSA) is 29.1 Å². The first-order valence-corrected chi connectivity index (χ1v) is 7.36. The van der Waals surface area contributed by atoms with Crippen LogP contribution in [-0.2, 0) is 0 Å². The summed E-state index contributed by atoms with van der Waals surface area (Å²) in [6.07, 6.45) is 3.59. The highest BCUT2D eigenvalue weighted by molar-refractivity contribution is 9.09. The number of carbonyl (C=O) groups excluding carboxylic acids is 1. The highest BCUT2D eigenvalue weighted by Crippen LogP contribution is 2.25. The van der Waals surface area contributed by atoms with Gasteiger partial charge in [-0.05, 0) is 37.8 Å². The number of alkyl halides is 1. The van der Waals surface area contributed by atoms with Gasteiger partial charge in [-0.2, -0.15) is 0 Å². The molecule has 6 heteroatoms. The zero-order chi connectivity index (χ0) is 14.0. The van der Waals surface area contributed by atoms with Crippen molar-refractivity contribution in [3.8, 4) is 0 Å². The summed E-state index contributed by atoms with van der Waals surface area (Å²) in [6.45, 7) is 0. The second-order valence-electron chi connectivity index (χ2n) is 4.67. The number of rotatable bonds is 2. The van der Waals surface area contributed by atoms with Crippen molar-refractivity contribution < 1.29 is 13.6 Å². The number of carbonyl (C=O) groups is 1. The zero-order valence-electron chi connectivity index (χ0n) is 10.1.